The summed E-state index contributed by atoms with van der Waals surface area (Å²) in [6.07, 6.45) is 7.59. The van der Waals surface area contributed by atoms with Crippen molar-refractivity contribution in [2.24, 2.45) is 0 Å². The van der Waals surface area contributed by atoms with Crippen LogP contribution in [-0.2, 0) is 4.74 Å². The number of carbonyl (C=O) groups is 2. The highest BCUT2D eigenvalue weighted by molar-refractivity contribution is 5.96. The van der Waals surface area contributed by atoms with E-state index in [1.807, 2.05) is 42.5 Å². The summed E-state index contributed by atoms with van der Waals surface area (Å²) in [5, 5.41) is 10.8. The van der Waals surface area contributed by atoms with Crippen molar-refractivity contribution < 1.29 is 14.3 Å². The molecule has 0 radical (unpaired) electrons. The summed E-state index contributed by atoms with van der Waals surface area (Å²) >= 11 is 0. The lowest BCUT2D eigenvalue weighted by atomic mass is 9.93. The van der Waals surface area contributed by atoms with Crippen LogP contribution in [0.5, 0.6) is 0 Å². The Morgan fingerprint density at radius 3 is 2.62 bits per heavy atom. The predicted octanol–water partition coefficient (Wildman–Crippen LogP) is 3.20. The molecular formula is C25H28N6O3. The van der Waals surface area contributed by atoms with Gasteiger partial charge in [-0.2, -0.15) is 5.10 Å². The summed E-state index contributed by atoms with van der Waals surface area (Å²) < 4.78 is 7.23. The van der Waals surface area contributed by atoms with Gasteiger partial charge in [-0.05, 0) is 43.5 Å². The summed E-state index contributed by atoms with van der Waals surface area (Å²) in [6, 6.07) is 12.9. The smallest absolute Gasteiger partial charge is 0.321 e. The van der Waals surface area contributed by atoms with Gasteiger partial charge in [0.05, 0.1) is 23.1 Å². The van der Waals surface area contributed by atoms with E-state index < -0.39 is 0 Å². The second kappa shape index (κ2) is 10.0. The number of likely N-dealkylation sites (tertiary alicyclic amines) is 1. The Hall–Kier alpha value is -3.72. The van der Waals surface area contributed by atoms with Crippen LogP contribution in [0.3, 0.4) is 0 Å². The van der Waals surface area contributed by atoms with Gasteiger partial charge in [-0.1, -0.05) is 18.2 Å². The molecule has 0 bridgehead atoms. The number of carbonyl (C=O) groups excluding carboxylic acids is 2. The highest BCUT2D eigenvalue weighted by atomic mass is 16.5. The topological polar surface area (TPSA) is 101 Å². The molecule has 2 saturated heterocycles. The van der Waals surface area contributed by atoms with Gasteiger partial charge in [0.25, 0.3) is 5.91 Å². The average molecular weight is 461 g/mol. The number of nitrogens with zero attached hydrogens (tertiary/aromatic N) is 4. The van der Waals surface area contributed by atoms with Crippen molar-refractivity contribution in [2.45, 2.75) is 31.2 Å². The molecule has 2 aliphatic heterocycles. The van der Waals surface area contributed by atoms with Crippen LogP contribution in [-0.4, -0.2) is 63.9 Å². The number of hydrogen-bond acceptors (Lipinski definition) is 5. The molecule has 2 aliphatic rings. The number of nitrogens with one attached hydrogen (secondary N) is 2. The summed E-state index contributed by atoms with van der Waals surface area (Å²) in [5.74, 6) is 0.0103. The second-order valence-corrected chi connectivity index (χ2v) is 8.67. The minimum atomic E-state index is -0.160. The highest BCUT2D eigenvalue weighted by Gasteiger charge is 2.31. The van der Waals surface area contributed by atoms with Crippen LogP contribution in [0.4, 0.5) is 10.5 Å². The maximum Gasteiger partial charge on any atom is 0.321 e. The molecular weight excluding hydrogens is 432 g/mol. The van der Waals surface area contributed by atoms with Crippen molar-refractivity contribution >= 4 is 17.6 Å². The number of anilines is 1. The summed E-state index contributed by atoms with van der Waals surface area (Å²) in [4.78, 5) is 31.9. The number of benzene rings is 1. The van der Waals surface area contributed by atoms with E-state index in [2.05, 4.69) is 15.6 Å². The fourth-order valence-corrected chi connectivity index (χ4v) is 4.51. The van der Waals surface area contributed by atoms with Gasteiger partial charge in [0.15, 0.2) is 0 Å². The first-order valence-corrected chi connectivity index (χ1v) is 11.7. The zero-order valence-electron chi connectivity index (χ0n) is 18.9. The Balaban J connectivity index is 1.28. The SMILES string of the molecule is O=C(NC1CCN(C(=O)Nc2ccccc2)C1)c1cn(-c2cccnc2)nc1C1CCOCC1. The normalized spacial score (nSPS) is 18.6. The molecule has 1 unspecified atom stereocenters. The van der Waals surface area contributed by atoms with Crippen molar-refractivity contribution in [2.75, 3.05) is 31.6 Å². The van der Waals surface area contributed by atoms with Crippen molar-refractivity contribution in [3.8, 4) is 5.69 Å². The Kier molecular flexibility index (Phi) is 6.53. The molecule has 5 rings (SSSR count). The molecule has 9 heteroatoms. The number of ether oxygens (including phenoxy) is 1. The number of amides is 3. The van der Waals surface area contributed by atoms with Gasteiger partial charge < -0.3 is 20.3 Å². The minimum absolute atomic E-state index is 0.113. The summed E-state index contributed by atoms with van der Waals surface area (Å²) in [6.45, 7) is 2.39. The third-order valence-electron chi connectivity index (χ3n) is 6.34. The van der Waals surface area contributed by atoms with E-state index in [1.165, 1.54) is 0 Å². The molecule has 3 amide bonds. The summed E-state index contributed by atoms with van der Waals surface area (Å²) in [5.41, 5.74) is 2.92. The van der Waals surface area contributed by atoms with Gasteiger partial charge in [-0.15, -0.1) is 0 Å². The monoisotopic (exact) mass is 460 g/mol. The zero-order chi connectivity index (χ0) is 23.3. The Morgan fingerprint density at radius 2 is 1.85 bits per heavy atom. The van der Waals surface area contributed by atoms with Gasteiger partial charge in [0, 0.05) is 56.3 Å². The van der Waals surface area contributed by atoms with Crippen LogP contribution >= 0.6 is 0 Å². The lowest BCUT2D eigenvalue weighted by molar-refractivity contribution is 0.0831. The molecule has 0 saturated carbocycles. The molecule has 176 valence electrons. The molecule has 0 spiro atoms. The first kappa shape index (κ1) is 22.1. The lowest BCUT2D eigenvalue weighted by Crippen LogP contribution is -2.40. The second-order valence-electron chi connectivity index (χ2n) is 8.67. The highest BCUT2D eigenvalue weighted by Crippen LogP contribution is 2.29. The number of aromatic nitrogens is 3. The predicted molar refractivity (Wildman–Crippen MR) is 127 cm³/mol. The van der Waals surface area contributed by atoms with E-state index >= 15 is 0 Å². The quantitative estimate of drug-likeness (QED) is 0.609. The molecule has 0 aliphatic carbocycles. The molecule has 2 aromatic heterocycles. The first-order chi connectivity index (χ1) is 16.7. The third kappa shape index (κ3) is 4.94. The van der Waals surface area contributed by atoms with Crippen LogP contribution in [0.25, 0.3) is 5.69 Å². The van der Waals surface area contributed by atoms with Crippen LogP contribution in [0.15, 0.2) is 61.1 Å². The van der Waals surface area contributed by atoms with E-state index in [0.717, 1.165) is 29.9 Å². The van der Waals surface area contributed by atoms with E-state index in [1.54, 1.807) is 28.2 Å². The van der Waals surface area contributed by atoms with E-state index in [-0.39, 0.29) is 23.9 Å². The number of hydrogen-bond donors (Lipinski definition) is 2. The molecule has 2 fully saturated rings. The van der Waals surface area contributed by atoms with Gasteiger partial charge in [0.2, 0.25) is 0 Å². The largest absolute Gasteiger partial charge is 0.381 e. The first-order valence-electron chi connectivity index (χ1n) is 11.7. The van der Waals surface area contributed by atoms with Gasteiger partial charge in [-0.25, -0.2) is 9.48 Å². The molecule has 1 aromatic carbocycles. The van der Waals surface area contributed by atoms with Gasteiger partial charge >= 0.3 is 6.03 Å². The zero-order valence-corrected chi connectivity index (χ0v) is 18.9. The summed E-state index contributed by atoms with van der Waals surface area (Å²) in [7, 11) is 0. The Bertz CT molecular complexity index is 1130. The van der Waals surface area contributed by atoms with Crippen molar-refractivity contribution in [1.29, 1.82) is 0 Å². The molecule has 4 heterocycles. The fraction of sp³-hybridized carbons (Fsp3) is 0.360. The van der Waals surface area contributed by atoms with Gasteiger partial charge in [0.1, 0.15) is 0 Å². The fourth-order valence-electron chi connectivity index (χ4n) is 4.51. The molecule has 1 atom stereocenters. The Morgan fingerprint density at radius 1 is 1.03 bits per heavy atom. The van der Waals surface area contributed by atoms with Crippen LogP contribution in [0.2, 0.25) is 0 Å². The van der Waals surface area contributed by atoms with E-state index in [9.17, 15) is 9.59 Å². The van der Waals surface area contributed by atoms with Crippen molar-refractivity contribution in [3.05, 3.63) is 72.3 Å². The standard InChI is InChI=1S/C25H28N6O3/c32-24(27-20-8-12-30(16-20)25(33)28-19-5-2-1-3-6-19)22-17-31(21-7-4-11-26-15-21)29-23(22)18-9-13-34-14-10-18/h1-7,11,15,17-18,20H,8-10,12-14,16H2,(H,27,32)(H,28,33). The maximum atomic E-state index is 13.3. The minimum Gasteiger partial charge on any atom is -0.381 e. The molecule has 9 nitrogen and oxygen atoms in total. The van der Waals surface area contributed by atoms with Crippen LogP contribution < -0.4 is 10.6 Å². The van der Waals surface area contributed by atoms with E-state index in [0.29, 0.717) is 38.3 Å². The van der Waals surface area contributed by atoms with E-state index in [4.69, 9.17) is 9.84 Å². The van der Waals surface area contributed by atoms with Crippen LogP contribution in [0.1, 0.15) is 41.2 Å². The molecule has 2 N–H and O–H groups in total. The van der Waals surface area contributed by atoms with Crippen LogP contribution in [0, 0.1) is 0 Å². The van der Waals surface area contributed by atoms with Crippen molar-refractivity contribution in [1.82, 2.24) is 25.0 Å². The average Bonchev–Trinajstić information content (AvgIpc) is 3.54. The Labute approximate surface area is 198 Å². The number of para-hydroxylation sites is 1. The number of rotatable bonds is 5. The van der Waals surface area contributed by atoms with Crippen molar-refractivity contribution in [3.63, 3.8) is 0 Å². The van der Waals surface area contributed by atoms with Gasteiger partial charge in [-0.3, -0.25) is 9.78 Å². The molecule has 3 aromatic rings. The maximum absolute atomic E-state index is 13.3. The number of urea groups is 1. The molecule has 34 heavy (non-hydrogen) atoms. The number of pyridine rings is 1. The lowest BCUT2D eigenvalue weighted by Gasteiger charge is -2.21. The third-order valence-corrected chi connectivity index (χ3v) is 6.34.